The summed E-state index contributed by atoms with van der Waals surface area (Å²) in [5, 5.41) is 24.0. The zero-order chi connectivity index (χ0) is 23.8. The van der Waals surface area contributed by atoms with E-state index in [2.05, 4.69) is 11.1 Å². The molecule has 0 aliphatic carbocycles. The number of hydrogen-bond donors (Lipinski definition) is 2. The van der Waals surface area contributed by atoms with Crippen LogP contribution in [0.4, 0.5) is 0 Å². The maximum atomic E-state index is 12.8. The number of aryl methyl sites for hydroxylation is 1. The highest BCUT2D eigenvalue weighted by Crippen LogP contribution is 2.25. The topological polar surface area (TPSA) is 96.7 Å². The molecule has 0 bridgehead atoms. The summed E-state index contributed by atoms with van der Waals surface area (Å²) in [6.45, 7) is 9.10. The van der Waals surface area contributed by atoms with Crippen molar-refractivity contribution < 1.29 is 24.5 Å². The van der Waals surface area contributed by atoms with Crippen LogP contribution in [0.3, 0.4) is 0 Å². The molecule has 0 amide bonds. The van der Waals surface area contributed by atoms with Crippen LogP contribution in [-0.2, 0) is 14.3 Å². The summed E-state index contributed by atoms with van der Waals surface area (Å²) in [7, 11) is 0. The molecule has 2 rings (SSSR count). The van der Waals surface area contributed by atoms with E-state index in [-0.39, 0.29) is 18.1 Å². The lowest BCUT2D eigenvalue weighted by atomic mass is 9.81. The number of carbonyl (C=O) groups is 2. The van der Waals surface area contributed by atoms with Crippen LogP contribution < -0.4 is 0 Å². The number of allylic oxidation sites excluding steroid dienone is 1. The van der Waals surface area contributed by atoms with E-state index in [1.54, 1.807) is 25.2 Å². The van der Waals surface area contributed by atoms with Gasteiger partial charge in [-0.25, -0.2) is 4.98 Å². The lowest BCUT2D eigenvalue weighted by molar-refractivity contribution is -0.151. The molecule has 1 aromatic rings. The van der Waals surface area contributed by atoms with E-state index in [1.807, 2.05) is 38.3 Å². The van der Waals surface area contributed by atoms with Crippen molar-refractivity contribution >= 4 is 29.2 Å². The van der Waals surface area contributed by atoms with E-state index < -0.39 is 36.1 Å². The number of cyclic esters (lactones) is 1. The van der Waals surface area contributed by atoms with E-state index >= 15 is 0 Å². The fourth-order valence-corrected chi connectivity index (χ4v) is 4.56. The van der Waals surface area contributed by atoms with Gasteiger partial charge >= 0.3 is 5.97 Å². The molecule has 0 unspecified atom stereocenters. The average Bonchev–Trinajstić information content (AvgIpc) is 3.16. The Kier molecular flexibility index (Phi) is 10.3. The van der Waals surface area contributed by atoms with Crippen LogP contribution in [0, 0.1) is 24.7 Å². The standard InChI is InChI=1S/C25H37NO5S/c1-15-10-8-6-7-9-11-22(16(2)12-20-14-32-19(5)26-20)31-23(28)13-21(27)17(3)25(30)18(4)24(15)29/h7,9,12,14-15,17-18,21-22,24,27,29H,6,8,10-11,13H2,1-5H3/b9-7-,16-12-/t15-,17+,18+,21-,22-,24-/m0/s1. The number of aliphatic hydroxyl groups is 2. The fourth-order valence-electron chi connectivity index (χ4n) is 3.99. The largest absolute Gasteiger partial charge is 0.457 e. The zero-order valence-electron chi connectivity index (χ0n) is 19.8. The first-order valence-electron chi connectivity index (χ1n) is 11.4. The molecule has 0 aromatic carbocycles. The first kappa shape index (κ1) is 26.4. The second kappa shape index (κ2) is 12.4. The molecule has 1 aromatic heterocycles. The van der Waals surface area contributed by atoms with E-state index in [4.69, 9.17) is 4.74 Å². The number of ether oxygens (including phenoxy) is 1. The molecule has 0 radical (unpaired) electrons. The van der Waals surface area contributed by atoms with Gasteiger partial charge in [0.25, 0.3) is 0 Å². The summed E-state index contributed by atoms with van der Waals surface area (Å²) >= 11 is 1.56. The van der Waals surface area contributed by atoms with Crippen LogP contribution in [0.2, 0.25) is 0 Å². The Labute approximate surface area is 195 Å². The second-order valence-corrected chi connectivity index (χ2v) is 10.1. The third-order valence-corrected chi connectivity index (χ3v) is 7.08. The van der Waals surface area contributed by atoms with Gasteiger partial charge in [0.15, 0.2) is 0 Å². The SMILES string of the molecule is C/C(=C/c1csc(C)n1)[C@@H]1C/C=C\CCC[C@H](C)[C@H](O)[C@@H](C)C(=O)[C@H](C)[C@@H](O)CC(=O)O1. The van der Waals surface area contributed by atoms with Crippen LogP contribution in [0.5, 0.6) is 0 Å². The van der Waals surface area contributed by atoms with Gasteiger partial charge in [0.1, 0.15) is 11.9 Å². The van der Waals surface area contributed by atoms with Crippen LogP contribution >= 0.6 is 11.3 Å². The van der Waals surface area contributed by atoms with Crippen molar-refractivity contribution in [2.24, 2.45) is 17.8 Å². The number of nitrogens with zero attached hydrogens (tertiary/aromatic N) is 1. The Balaban J connectivity index is 2.21. The van der Waals surface area contributed by atoms with Gasteiger partial charge in [0, 0.05) is 23.6 Å². The van der Waals surface area contributed by atoms with Gasteiger partial charge in [-0.2, -0.15) is 0 Å². The molecule has 1 aliphatic heterocycles. The van der Waals surface area contributed by atoms with E-state index in [0.717, 1.165) is 35.5 Å². The molecule has 2 N–H and O–H groups in total. The third kappa shape index (κ3) is 7.64. The molecule has 178 valence electrons. The second-order valence-electron chi connectivity index (χ2n) is 9.02. The van der Waals surface area contributed by atoms with Crippen LogP contribution in [0.1, 0.15) is 70.5 Å². The van der Waals surface area contributed by atoms with Crippen molar-refractivity contribution in [2.45, 2.75) is 85.0 Å². The molecule has 0 fully saturated rings. The van der Waals surface area contributed by atoms with Crippen molar-refractivity contribution in [1.29, 1.82) is 0 Å². The Morgan fingerprint density at radius 1 is 1.19 bits per heavy atom. The Hall–Kier alpha value is -1.83. The predicted molar refractivity (Wildman–Crippen MR) is 127 cm³/mol. The molecule has 6 nitrogen and oxygen atoms in total. The molecule has 7 heteroatoms. The van der Waals surface area contributed by atoms with Crippen molar-refractivity contribution in [2.75, 3.05) is 0 Å². The number of ketones is 1. The summed E-state index contributed by atoms with van der Waals surface area (Å²) in [5.74, 6) is -2.17. The molecule has 0 saturated heterocycles. The zero-order valence-corrected chi connectivity index (χ0v) is 20.6. The normalized spacial score (nSPS) is 33.0. The Morgan fingerprint density at radius 3 is 2.56 bits per heavy atom. The maximum Gasteiger partial charge on any atom is 0.309 e. The molecule has 1 aliphatic rings. The monoisotopic (exact) mass is 463 g/mol. The highest BCUT2D eigenvalue weighted by Gasteiger charge is 2.34. The molecule has 0 spiro atoms. The number of aliphatic hydroxyl groups excluding tert-OH is 2. The predicted octanol–water partition coefficient (Wildman–Crippen LogP) is 4.49. The van der Waals surface area contributed by atoms with Crippen LogP contribution in [0.15, 0.2) is 23.1 Å². The van der Waals surface area contributed by atoms with Gasteiger partial charge in [-0.1, -0.05) is 32.9 Å². The summed E-state index contributed by atoms with van der Waals surface area (Å²) in [5.41, 5.74) is 1.70. The van der Waals surface area contributed by atoms with Gasteiger partial charge in [0.05, 0.1) is 29.3 Å². The number of thiazole rings is 1. The molecule has 0 saturated carbocycles. The Morgan fingerprint density at radius 2 is 1.91 bits per heavy atom. The molecule has 6 atom stereocenters. The quantitative estimate of drug-likeness (QED) is 0.496. The molecular weight excluding hydrogens is 426 g/mol. The van der Waals surface area contributed by atoms with Crippen LogP contribution in [0.25, 0.3) is 6.08 Å². The highest BCUT2D eigenvalue weighted by atomic mass is 32.1. The lowest BCUT2D eigenvalue weighted by Gasteiger charge is -2.28. The lowest BCUT2D eigenvalue weighted by Crippen LogP contribution is -2.39. The van der Waals surface area contributed by atoms with Crippen molar-refractivity contribution in [3.05, 3.63) is 33.8 Å². The summed E-state index contributed by atoms with van der Waals surface area (Å²) in [6.07, 6.45) is 6.41. The first-order chi connectivity index (χ1) is 15.1. The van der Waals surface area contributed by atoms with E-state index in [9.17, 15) is 19.8 Å². The average molecular weight is 464 g/mol. The number of Topliss-reactive ketones (excluding diaryl/α,β-unsaturated/α-hetero) is 1. The number of carbonyl (C=O) groups excluding carboxylic acids is 2. The molecule has 32 heavy (non-hydrogen) atoms. The first-order valence-corrected chi connectivity index (χ1v) is 12.3. The maximum absolute atomic E-state index is 12.8. The smallest absolute Gasteiger partial charge is 0.309 e. The van der Waals surface area contributed by atoms with Gasteiger partial charge in [-0.05, 0) is 50.7 Å². The molecule has 2 heterocycles. The van der Waals surface area contributed by atoms with E-state index in [0.29, 0.717) is 6.42 Å². The Bertz CT molecular complexity index is 830. The van der Waals surface area contributed by atoms with Crippen molar-refractivity contribution in [3.8, 4) is 0 Å². The third-order valence-electron chi connectivity index (χ3n) is 6.29. The van der Waals surface area contributed by atoms with Gasteiger partial charge in [0.2, 0.25) is 0 Å². The van der Waals surface area contributed by atoms with Gasteiger partial charge < -0.3 is 14.9 Å². The molecular formula is C25H37NO5S. The minimum absolute atomic E-state index is 0.0240. The number of rotatable bonds is 2. The van der Waals surface area contributed by atoms with Crippen LogP contribution in [-0.4, -0.2) is 45.3 Å². The fraction of sp³-hybridized carbons (Fsp3) is 0.640. The minimum atomic E-state index is -1.16. The van der Waals surface area contributed by atoms with Crippen molar-refractivity contribution in [3.63, 3.8) is 0 Å². The van der Waals surface area contributed by atoms with Gasteiger partial charge in [-0.15, -0.1) is 11.3 Å². The van der Waals surface area contributed by atoms with E-state index in [1.165, 1.54) is 0 Å². The highest BCUT2D eigenvalue weighted by molar-refractivity contribution is 7.09. The number of hydrogen-bond acceptors (Lipinski definition) is 7. The number of aromatic nitrogens is 1. The number of esters is 1. The van der Waals surface area contributed by atoms with Gasteiger partial charge in [-0.3, -0.25) is 9.59 Å². The summed E-state index contributed by atoms with van der Waals surface area (Å²) in [6, 6.07) is 0. The van der Waals surface area contributed by atoms with Crippen molar-refractivity contribution in [1.82, 2.24) is 4.98 Å². The summed E-state index contributed by atoms with van der Waals surface area (Å²) in [4.78, 5) is 29.8. The minimum Gasteiger partial charge on any atom is -0.457 e. The summed E-state index contributed by atoms with van der Waals surface area (Å²) < 4.78 is 5.71.